The molecule has 23 heavy (non-hydrogen) atoms. The largest absolute Gasteiger partial charge is 0.506 e. The molecule has 0 bridgehead atoms. The van der Waals surface area contributed by atoms with E-state index in [9.17, 15) is 15.0 Å². The molecule has 0 aliphatic carbocycles. The molecule has 0 aromatic heterocycles. The summed E-state index contributed by atoms with van der Waals surface area (Å²) < 4.78 is 0.525. The fourth-order valence-corrected chi connectivity index (χ4v) is 3.00. The number of nitrogens with one attached hydrogen (secondary N) is 1. The zero-order valence-corrected chi connectivity index (χ0v) is 15.5. The molecule has 0 saturated carbocycles. The number of halogens is 3. The maximum atomic E-state index is 11.8. The average molecular weight is 463 g/mol. The summed E-state index contributed by atoms with van der Waals surface area (Å²) in [6.07, 6.45) is 1.44. The smallest absolute Gasteiger partial charge is 0.244 e. The van der Waals surface area contributed by atoms with Crippen LogP contribution >= 0.6 is 43.5 Å². The molecule has 120 valence electrons. The van der Waals surface area contributed by atoms with Gasteiger partial charge in [0.15, 0.2) is 0 Å². The Morgan fingerprint density at radius 3 is 2.52 bits per heavy atom. The van der Waals surface area contributed by atoms with Gasteiger partial charge in [-0.2, -0.15) is 5.10 Å². The minimum absolute atomic E-state index is 0.119. The second-order valence-electron chi connectivity index (χ2n) is 4.56. The van der Waals surface area contributed by atoms with Gasteiger partial charge in [0.2, 0.25) is 5.91 Å². The Bertz CT molecular complexity index is 764. The van der Waals surface area contributed by atoms with Crippen molar-refractivity contribution in [3.8, 4) is 11.5 Å². The molecule has 0 unspecified atom stereocenters. The van der Waals surface area contributed by atoms with Gasteiger partial charge in [-0.05, 0) is 55.6 Å². The lowest BCUT2D eigenvalue weighted by Gasteiger charge is -2.06. The van der Waals surface area contributed by atoms with Crippen LogP contribution in [0.15, 0.2) is 44.4 Å². The van der Waals surface area contributed by atoms with Gasteiger partial charge >= 0.3 is 0 Å². The Morgan fingerprint density at radius 1 is 1.22 bits per heavy atom. The van der Waals surface area contributed by atoms with Gasteiger partial charge in [0, 0.05) is 10.6 Å². The summed E-state index contributed by atoms with van der Waals surface area (Å²) in [5.41, 5.74) is 3.50. The van der Waals surface area contributed by atoms with Crippen LogP contribution < -0.4 is 5.43 Å². The summed E-state index contributed by atoms with van der Waals surface area (Å²) in [7, 11) is 0. The second-order valence-corrected chi connectivity index (χ2v) is 6.64. The first-order valence-corrected chi connectivity index (χ1v) is 8.31. The lowest BCUT2D eigenvalue weighted by Crippen LogP contribution is -2.19. The van der Waals surface area contributed by atoms with Gasteiger partial charge in [0.1, 0.15) is 16.0 Å². The van der Waals surface area contributed by atoms with Crippen LogP contribution in [0, 0.1) is 0 Å². The minimum atomic E-state index is -0.306. The summed E-state index contributed by atoms with van der Waals surface area (Å²) in [4.78, 5) is 11.8. The number of hydrogen-bond acceptors (Lipinski definition) is 4. The number of amides is 1. The molecule has 0 heterocycles. The Morgan fingerprint density at radius 2 is 1.87 bits per heavy atom. The first-order chi connectivity index (χ1) is 10.9. The van der Waals surface area contributed by atoms with Gasteiger partial charge in [-0.3, -0.25) is 4.79 Å². The lowest BCUT2D eigenvalue weighted by atomic mass is 10.1. The first-order valence-electron chi connectivity index (χ1n) is 6.34. The molecule has 0 atom stereocenters. The predicted octanol–water partition coefficient (Wildman–Crippen LogP) is 3.97. The third-order valence-electron chi connectivity index (χ3n) is 2.87. The SMILES string of the molecule is O=C(Cc1ccc(Cl)cc1)N/N=C\c1cc(Br)c(O)c(Br)c1O. The zero-order valence-electron chi connectivity index (χ0n) is 11.6. The van der Waals surface area contributed by atoms with E-state index < -0.39 is 0 Å². The topological polar surface area (TPSA) is 81.9 Å². The molecule has 0 saturated heterocycles. The van der Waals surface area contributed by atoms with Gasteiger partial charge in [0.05, 0.1) is 17.1 Å². The molecule has 0 aliphatic heterocycles. The van der Waals surface area contributed by atoms with Crippen LogP contribution in [-0.4, -0.2) is 22.3 Å². The van der Waals surface area contributed by atoms with E-state index in [1.165, 1.54) is 12.3 Å². The Balaban J connectivity index is 2.01. The summed E-state index contributed by atoms with van der Waals surface area (Å²) in [5.74, 6) is -0.604. The number of carbonyl (C=O) groups excluding carboxylic acids is 1. The first kappa shape index (κ1) is 17.8. The van der Waals surface area contributed by atoms with E-state index in [2.05, 4.69) is 42.4 Å². The molecule has 0 fully saturated rings. The Labute approximate surface area is 154 Å². The van der Waals surface area contributed by atoms with Crippen LogP contribution in [0.4, 0.5) is 0 Å². The Kier molecular flexibility index (Phi) is 6.04. The average Bonchev–Trinajstić information content (AvgIpc) is 2.52. The van der Waals surface area contributed by atoms with E-state index in [1.54, 1.807) is 24.3 Å². The van der Waals surface area contributed by atoms with Crippen LogP contribution in [-0.2, 0) is 11.2 Å². The van der Waals surface area contributed by atoms with Gasteiger partial charge in [-0.15, -0.1) is 0 Å². The monoisotopic (exact) mass is 460 g/mol. The van der Waals surface area contributed by atoms with Gasteiger partial charge in [-0.25, -0.2) is 5.43 Å². The van der Waals surface area contributed by atoms with Crippen molar-refractivity contribution in [2.75, 3.05) is 0 Å². The van der Waals surface area contributed by atoms with Crippen LogP contribution in [0.5, 0.6) is 11.5 Å². The summed E-state index contributed by atoms with van der Waals surface area (Å²) in [6.45, 7) is 0. The highest BCUT2D eigenvalue weighted by atomic mass is 79.9. The molecular formula is C15H11Br2ClN2O3. The number of phenols is 2. The number of rotatable bonds is 4. The molecule has 2 aromatic rings. The normalized spacial score (nSPS) is 10.9. The molecule has 2 rings (SSSR count). The molecule has 3 N–H and O–H groups in total. The van der Waals surface area contributed by atoms with Crippen molar-refractivity contribution >= 4 is 55.6 Å². The number of hydrazone groups is 1. The van der Waals surface area contributed by atoms with Crippen LogP contribution in [0.2, 0.25) is 5.02 Å². The molecule has 0 radical (unpaired) electrons. The minimum Gasteiger partial charge on any atom is -0.506 e. The molecule has 1 amide bonds. The fourth-order valence-electron chi connectivity index (χ4n) is 1.72. The maximum Gasteiger partial charge on any atom is 0.244 e. The fraction of sp³-hybridized carbons (Fsp3) is 0.0667. The number of nitrogens with zero attached hydrogens (tertiary/aromatic N) is 1. The van der Waals surface area contributed by atoms with Gasteiger partial charge in [-0.1, -0.05) is 23.7 Å². The summed E-state index contributed by atoms with van der Waals surface area (Å²) in [6, 6.07) is 8.40. The molecule has 0 aliphatic rings. The van der Waals surface area contributed by atoms with Crippen LogP contribution in [0.3, 0.4) is 0 Å². The van der Waals surface area contributed by atoms with Crippen molar-refractivity contribution in [3.63, 3.8) is 0 Å². The van der Waals surface area contributed by atoms with E-state index in [0.717, 1.165) is 5.56 Å². The van der Waals surface area contributed by atoms with Gasteiger partial charge < -0.3 is 10.2 Å². The highest BCUT2D eigenvalue weighted by Gasteiger charge is 2.12. The molecule has 2 aromatic carbocycles. The van der Waals surface area contributed by atoms with Crippen molar-refractivity contribution < 1.29 is 15.0 Å². The second kappa shape index (κ2) is 7.81. The van der Waals surface area contributed by atoms with Crippen LogP contribution in [0.25, 0.3) is 0 Å². The standard InChI is InChI=1S/C15H11Br2ClN2O3/c16-11-6-9(14(22)13(17)15(11)23)7-19-20-12(21)5-8-1-3-10(18)4-2-8/h1-4,6-7,22-23H,5H2,(H,20,21)/b19-7-. The van der Waals surface area contributed by atoms with E-state index >= 15 is 0 Å². The number of carbonyl (C=O) groups is 1. The van der Waals surface area contributed by atoms with Gasteiger partial charge in [0.25, 0.3) is 0 Å². The van der Waals surface area contributed by atoms with E-state index in [4.69, 9.17) is 11.6 Å². The lowest BCUT2D eigenvalue weighted by molar-refractivity contribution is -0.120. The van der Waals surface area contributed by atoms with Crippen molar-refractivity contribution in [1.82, 2.24) is 5.43 Å². The number of aromatic hydroxyl groups is 2. The third-order valence-corrected chi connectivity index (χ3v) is 4.48. The maximum absolute atomic E-state index is 11.8. The molecule has 5 nitrogen and oxygen atoms in total. The highest BCUT2D eigenvalue weighted by Crippen LogP contribution is 2.40. The summed E-state index contributed by atoms with van der Waals surface area (Å²) >= 11 is 12.0. The van der Waals surface area contributed by atoms with E-state index in [1.807, 2.05) is 0 Å². The zero-order chi connectivity index (χ0) is 17.0. The van der Waals surface area contributed by atoms with Crippen molar-refractivity contribution in [2.24, 2.45) is 5.10 Å². The third kappa shape index (κ3) is 4.70. The number of phenolic OH excluding ortho intramolecular Hbond substituents is 2. The van der Waals surface area contributed by atoms with Crippen molar-refractivity contribution in [3.05, 3.63) is 55.4 Å². The number of benzene rings is 2. The quantitative estimate of drug-likeness (QED) is 0.475. The Hall–Kier alpha value is -1.57. The molecule has 0 spiro atoms. The predicted molar refractivity (Wildman–Crippen MR) is 96.1 cm³/mol. The highest BCUT2D eigenvalue weighted by molar-refractivity contribution is 9.11. The van der Waals surface area contributed by atoms with Crippen molar-refractivity contribution in [1.29, 1.82) is 0 Å². The number of hydrogen-bond donors (Lipinski definition) is 3. The summed E-state index contributed by atoms with van der Waals surface area (Å²) in [5, 5.41) is 23.9. The van der Waals surface area contributed by atoms with Crippen LogP contribution in [0.1, 0.15) is 11.1 Å². The van der Waals surface area contributed by atoms with E-state index in [-0.39, 0.29) is 28.3 Å². The molecule has 8 heteroatoms. The van der Waals surface area contributed by atoms with Crippen molar-refractivity contribution in [2.45, 2.75) is 6.42 Å². The molecular weight excluding hydrogens is 451 g/mol. The van der Waals surface area contributed by atoms with E-state index in [0.29, 0.717) is 15.1 Å².